The van der Waals surface area contributed by atoms with E-state index >= 15 is 0 Å². The average Bonchev–Trinajstić information content (AvgIpc) is 3.17. The standard InChI is InChI=1S/C23H15NO/c1-3-9-19-16(6-1)8-5-10-20(19)23-13-12-22(25-23)18-14-17-7-2-4-11-21(17)24-15-18/h1-15H. The third kappa shape index (κ3) is 2.39. The SMILES string of the molecule is c1ccc2ncc(-c3ccc(-c4cccc5ccccc45)o3)cc2c1. The third-order valence-electron chi connectivity index (χ3n) is 4.54. The van der Waals surface area contributed by atoms with Crippen LogP contribution in [0.3, 0.4) is 0 Å². The second-order valence-corrected chi connectivity index (χ2v) is 6.11. The van der Waals surface area contributed by atoms with Crippen LogP contribution in [0.15, 0.2) is 95.5 Å². The molecular weight excluding hydrogens is 306 g/mol. The monoisotopic (exact) mass is 321 g/mol. The lowest BCUT2D eigenvalue weighted by Gasteiger charge is -2.04. The molecule has 0 atom stereocenters. The van der Waals surface area contributed by atoms with E-state index in [2.05, 4.69) is 59.6 Å². The lowest BCUT2D eigenvalue weighted by atomic mass is 10.0. The molecule has 25 heavy (non-hydrogen) atoms. The summed E-state index contributed by atoms with van der Waals surface area (Å²) >= 11 is 0. The molecule has 0 fully saturated rings. The van der Waals surface area contributed by atoms with E-state index in [1.165, 1.54) is 10.8 Å². The van der Waals surface area contributed by atoms with E-state index in [0.717, 1.165) is 33.6 Å². The van der Waals surface area contributed by atoms with Crippen LogP contribution in [0, 0.1) is 0 Å². The van der Waals surface area contributed by atoms with E-state index < -0.39 is 0 Å². The Bertz CT molecular complexity index is 1200. The van der Waals surface area contributed by atoms with Crippen LogP contribution in [-0.2, 0) is 0 Å². The van der Waals surface area contributed by atoms with Gasteiger partial charge in [0.1, 0.15) is 11.5 Å². The smallest absolute Gasteiger partial charge is 0.136 e. The zero-order valence-electron chi connectivity index (χ0n) is 13.5. The second kappa shape index (κ2) is 5.60. The van der Waals surface area contributed by atoms with Crippen molar-refractivity contribution < 1.29 is 4.42 Å². The molecule has 2 nitrogen and oxygen atoms in total. The van der Waals surface area contributed by atoms with Crippen molar-refractivity contribution >= 4 is 21.7 Å². The number of fused-ring (bicyclic) bond motifs is 2. The van der Waals surface area contributed by atoms with Crippen molar-refractivity contribution in [2.75, 3.05) is 0 Å². The van der Waals surface area contributed by atoms with Crippen molar-refractivity contribution in [1.29, 1.82) is 0 Å². The molecule has 5 aromatic rings. The summed E-state index contributed by atoms with van der Waals surface area (Å²) in [5.41, 5.74) is 3.09. The highest BCUT2D eigenvalue weighted by atomic mass is 16.3. The molecule has 2 aromatic heterocycles. The average molecular weight is 321 g/mol. The maximum Gasteiger partial charge on any atom is 0.136 e. The van der Waals surface area contributed by atoms with Gasteiger partial charge in [0, 0.05) is 22.7 Å². The highest BCUT2D eigenvalue weighted by Gasteiger charge is 2.10. The number of nitrogens with zero attached hydrogens (tertiary/aromatic N) is 1. The number of hydrogen-bond acceptors (Lipinski definition) is 2. The number of rotatable bonds is 2. The van der Waals surface area contributed by atoms with Gasteiger partial charge >= 0.3 is 0 Å². The molecule has 0 spiro atoms. The van der Waals surface area contributed by atoms with Gasteiger partial charge in [-0.1, -0.05) is 60.7 Å². The van der Waals surface area contributed by atoms with Gasteiger partial charge < -0.3 is 4.42 Å². The molecule has 0 bridgehead atoms. The largest absolute Gasteiger partial charge is 0.456 e. The van der Waals surface area contributed by atoms with Crippen LogP contribution in [0.25, 0.3) is 44.3 Å². The minimum atomic E-state index is 0.834. The fraction of sp³-hybridized carbons (Fsp3) is 0. The number of hydrogen-bond donors (Lipinski definition) is 0. The van der Waals surface area contributed by atoms with Gasteiger partial charge in [-0.15, -0.1) is 0 Å². The molecular formula is C23H15NO. The summed E-state index contributed by atoms with van der Waals surface area (Å²) in [6, 6.07) is 28.9. The number of pyridine rings is 1. The zero-order chi connectivity index (χ0) is 16.6. The van der Waals surface area contributed by atoms with Crippen LogP contribution in [0.2, 0.25) is 0 Å². The van der Waals surface area contributed by atoms with Crippen molar-refractivity contribution in [3.63, 3.8) is 0 Å². The molecule has 5 rings (SSSR count). The predicted octanol–water partition coefficient (Wildman–Crippen LogP) is 6.32. The Balaban J connectivity index is 1.62. The van der Waals surface area contributed by atoms with Crippen LogP contribution in [0.1, 0.15) is 0 Å². The van der Waals surface area contributed by atoms with Gasteiger partial charge in [-0.3, -0.25) is 4.98 Å². The number of para-hydroxylation sites is 1. The first-order valence-corrected chi connectivity index (χ1v) is 8.32. The van der Waals surface area contributed by atoms with Crippen molar-refractivity contribution in [2.24, 2.45) is 0 Å². The third-order valence-corrected chi connectivity index (χ3v) is 4.54. The van der Waals surface area contributed by atoms with Gasteiger partial charge in [-0.05, 0) is 35.0 Å². The molecule has 0 radical (unpaired) electrons. The van der Waals surface area contributed by atoms with E-state index in [1.54, 1.807) is 0 Å². The first-order valence-electron chi connectivity index (χ1n) is 8.32. The van der Waals surface area contributed by atoms with E-state index in [9.17, 15) is 0 Å². The summed E-state index contributed by atoms with van der Waals surface area (Å²) in [4.78, 5) is 4.53. The molecule has 3 aromatic carbocycles. The van der Waals surface area contributed by atoms with Crippen LogP contribution < -0.4 is 0 Å². The lowest BCUT2D eigenvalue weighted by Crippen LogP contribution is -1.81. The fourth-order valence-corrected chi connectivity index (χ4v) is 3.28. The van der Waals surface area contributed by atoms with Crippen LogP contribution >= 0.6 is 0 Å². The summed E-state index contributed by atoms with van der Waals surface area (Å²) < 4.78 is 6.17. The minimum Gasteiger partial charge on any atom is -0.456 e. The second-order valence-electron chi connectivity index (χ2n) is 6.11. The Morgan fingerprint density at radius 2 is 1.40 bits per heavy atom. The maximum absolute atomic E-state index is 6.17. The molecule has 0 aliphatic heterocycles. The Labute approximate surface area is 145 Å². The van der Waals surface area contributed by atoms with Crippen molar-refractivity contribution in [3.05, 3.63) is 91.1 Å². The summed E-state index contributed by atoms with van der Waals surface area (Å²) in [5.74, 6) is 1.71. The Hall–Kier alpha value is -3.39. The van der Waals surface area contributed by atoms with Gasteiger partial charge in [0.2, 0.25) is 0 Å². The molecule has 2 heterocycles. The molecule has 118 valence electrons. The molecule has 0 unspecified atom stereocenters. The molecule has 2 heteroatoms. The number of furan rings is 1. The van der Waals surface area contributed by atoms with Crippen LogP contribution in [0.5, 0.6) is 0 Å². The molecule has 0 N–H and O–H groups in total. The van der Waals surface area contributed by atoms with E-state index in [-0.39, 0.29) is 0 Å². The first-order chi connectivity index (χ1) is 12.4. The molecule has 0 aliphatic carbocycles. The van der Waals surface area contributed by atoms with Crippen LogP contribution in [0.4, 0.5) is 0 Å². The van der Waals surface area contributed by atoms with Crippen molar-refractivity contribution in [2.45, 2.75) is 0 Å². The Kier molecular flexibility index (Phi) is 3.14. The van der Waals surface area contributed by atoms with Gasteiger partial charge in [-0.2, -0.15) is 0 Å². The maximum atomic E-state index is 6.17. The number of benzene rings is 3. The quantitative estimate of drug-likeness (QED) is 0.380. The Morgan fingerprint density at radius 3 is 2.36 bits per heavy atom. The van der Waals surface area contributed by atoms with E-state index in [0.29, 0.717) is 0 Å². The predicted molar refractivity (Wildman–Crippen MR) is 102 cm³/mol. The van der Waals surface area contributed by atoms with Gasteiger partial charge in [0.05, 0.1) is 5.52 Å². The summed E-state index contributed by atoms with van der Waals surface area (Å²) in [7, 11) is 0. The fourth-order valence-electron chi connectivity index (χ4n) is 3.28. The first kappa shape index (κ1) is 14.0. The van der Waals surface area contributed by atoms with Gasteiger partial charge in [0.25, 0.3) is 0 Å². The summed E-state index contributed by atoms with van der Waals surface area (Å²) in [6.45, 7) is 0. The molecule has 0 amide bonds. The summed E-state index contributed by atoms with van der Waals surface area (Å²) in [5, 5.41) is 3.52. The van der Waals surface area contributed by atoms with Crippen LogP contribution in [-0.4, -0.2) is 4.98 Å². The summed E-state index contributed by atoms with van der Waals surface area (Å²) in [6.07, 6.45) is 1.87. The highest BCUT2D eigenvalue weighted by Crippen LogP contribution is 2.33. The van der Waals surface area contributed by atoms with Crippen molar-refractivity contribution in [3.8, 4) is 22.6 Å². The van der Waals surface area contributed by atoms with Crippen molar-refractivity contribution in [1.82, 2.24) is 4.98 Å². The number of aromatic nitrogens is 1. The highest BCUT2D eigenvalue weighted by molar-refractivity contribution is 5.95. The van der Waals surface area contributed by atoms with E-state index in [4.69, 9.17) is 4.42 Å². The molecule has 0 aliphatic rings. The lowest BCUT2D eigenvalue weighted by molar-refractivity contribution is 0.598. The topological polar surface area (TPSA) is 26.0 Å². The Morgan fingerprint density at radius 1 is 0.640 bits per heavy atom. The van der Waals surface area contributed by atoms with Gasteiger partial charge in [0.15, 0.2) is 0 Å². The van der Waals surface area contributed by atoms with Gasteiger partial charge in [-0.25, -0.2) is 0 Å². The van der Waals surface area contributed by atoms with E-state index in [1.807, 2.05) is 36.5 Å². The zero-order valence-corrected chi connectivity index (χ0v) is 13.5. The minimum absolute atomic E-state index is 0.834. The normalized spacial score (nSPS) is 11.2. The molecule has 0 saturated heterocycles. The molecule has 0 saturated carbocycles.